The van der Waals surface area contributed by atoms with E-state index >= 15 is 0 Å². The number of aryl methyl sites for hydroxylation is 1. The number of nitrogens with two attached hydrogens (primary N) is 1. The van der Waals surface area contributed by atoms with Crippen molar-refractivity contribution in [3.8, 4) is 0 Å². The zero-order valence-corrected chi connectivity index (χ0v) is 8.50. The van der Waals surface area contributed by atoms with Crippen LogP contribution in [0.25, 0.3) is 0 Å². The van der Waals surface area contributed by atoms with Crippen LogP contribution in [-0.4, -0.2) is 21.6 Å². The van der Waals surface area contributed by atoms with Crippen LogP contribution < -0.4 is 11.1 Å². The Bertz CT molecular complexity index is 332. The molecule has 1 amide bonds. The lowest BCUT2D eigenvalue weighted by molar-refractivity contribution is -0.120. The van der Waals surface area contributed by atoms with Gasteiger partial charge in [0.15, 0.2) is 0 Å². The lowest BCUT2D eigenvalue weighted by Gasteiger charge is -2.19. The van der Waals surface area contributed by atoms with Crippen LogP contribution in [0.4, 0.5) is 6.01 Å². The van der Waals surface area contributed by atoms with E-state index in [4.69, 9.17) is 10.2 Å². The highest BCUT2D eigenvalue weighted by Gasteiger charge is 2.27. The zero-order valence-electron chi connectivity index (χ0n) is 8.50. The molecule has 1 unspecified atom stereocenters. The Hall–Kier alpha value is -1.43. The Balaban J connectivity index is 2.66. The van der Waals surface area contributed by atoms with E-state index < -0.39 is 5.54 Å². The van der Waals surface area contributed by atoms with Gasteiger partial charge in [-0.3, -0.25) is 10.1 Å². The summed E-state index contributed by atoms with van der Waals surface area (Å²) in [6.07, 6.45) is 0.534. The van der Waals surface area contributed by atoms with Crippen molar-refractivity contribution in [2.75, 3.05) is 5.32 Å². The van der Waals surface area contributed by atoms with Crippen molar-refractivity contribution in [3.63, 3.8) is 0 Å². The number of hydrogen-bond donors (Lipinski definition) is 2. The van der Waals surface area contributed by atoms with E-state index in [-0.39, 0.29) is 11.9 Å². The van der Waals surface area contributed by atoms with E-state index in [1.54, 1.807) is 13.8 Å². The van der Waals surface area contributed by atoms with Crippen LogP contribution in [0.2, 0.25) is 0 Å². The number of carbonyl (C=O) groups is 1. The molecule has 0 aliphatic heterocycles. The summed E-state index contributed by atoms with van der Waals surface area (Å²) in [5.74, 6) is 0.0687. The molecule has 0 spiro atoms. The molecule has 1 aromatic heterocycles. The number of carbonyl (C=O) groups excluding carboxylic acids is 1. The van der Waals surface area contributed by atoms with E-state index in [1.807, 2.05) is 6.92 Å². The molecule has 1 rings (SSSR count). The van der Waals surface area contributed by atoms with Gasteiger partial charge in [-0.15, -0.1) is 5.10 Å². The molecule has 6 nitrogen and oxygen atoms in total. The fourth-order valence-electron chi connectivity index (χ4n) is 0.748. The predicted molar refractivity (Wildman–Crippen MR) is 50.5 cm³/mol. The van der Waals surface area contributed by atoms with Crippen molar-refractivity contribution in [1.82, 2.24) is 10.2 Å². The summed E-state index contributed by atoms with van der Waals surface area (Å²) in [6, 6.07) is 0.0811. The first-order chi connectivity index (χ1) is 6.45. The Kier molecular flexibility index (Phi) is 2.85. The number of amides is 1. The van der Waals surface area contributed by atoms with Gasteiger partial charge in [-0.25, -0.2) is 0 Å². The average Bonchev–Trinajstić information content (AvgIpc) is 2.51. The van der Waals surface area contributed by atoms with Gasteiger partial charge >= 0.3 is 6.01 Å². The van der Waals surface area contributed by atoms with Crippen LogP contribution in [0, 0.1) is 6.92 Å². The molecule has 6 heteroatoms. The van der Waals surface area contributed by atoms with Crippen LogP contribution in [-0.2, 0) is 4.79 Å². The van der Waals surface area contributed by atoms with Crippen LogP contribution in [0.15, 0.2) is 4.42 Å². The molecular formula is C8H14N4O2. The first-order valence-electron chi connectivity index (χ1n) is 4.36. The second-order valence-electron chi connectivity index (χ2n) is 3.35. The maximum absolute atomic E-state index is 11.5. The number of aromatic nitrogens is 2. The van der Waals surface area contributed by atoms with Gasteiger partial charge in [0.25, 0.3) is 0 Å². The maximum Gasteiger partial charge on any atom is 0.322 e. The Labute approximate surface area is 81.9 Å². The second-order valence-corrected chi connectivity index (χ2v) is 3.35. The van der Waals surface area contributed by atoms with Crippen molar-refractivity contribution < 1.29 is 9.21 Å². The molecule has 1 heterocycles. The lowest BCUT2D eigenvalue weighted by Crippen LogP contribution is -2.47. The normalized spacial score (nSPS) is 14.9. The molecule has 0 fully saturated rings. The minimum absolute atomic E-state index is 0.0811. The highest BCUT2D eigenvalue weighted by atomic mass is 16.4. The smallest absolute Gasteiger partial charge is 0.322 e. The summed E-state index contributed by atoms with van der Waals surface area (Å²) in [6.45, 7) is 5.12. The summed E-state index contributed by atoms with van der Waals surface area (Å²) in [4.78, 5) is 11.5. The van der Waals surface area contributed by atoms with E-state index in [9.17, 15) is 4.79 Å². The van der Waals surface area contributed by atoms with Gasteiger partial charge in [-0.1, -0.05) is 12.0 Å². The molecule has 78 valence electrons. The van der Waals surface area contributed by atoms with Crippen molar-refractivity contribution in [1.29, 1.82) is 0 Å². The van der Waals surface area contributed by atoms with E-state index in [1.165, 1.54) is 0 Å². The van der Waals surface area contributed by atoms with Gasteiger partial charge < -0.3 is 10.2 Å². The van der Waals surface area contributed by atoms with E-state index in [0.29, 0.717) is 12.3 Å². The van der Waals surface area contributed by atoms with Crippen LogP contribution in [0.5, 0.6) is 0 Å². The molecule has 0 bridgehead atoms. The first kappa shape index (κ1) is 10.6. The monoisotopic (exact) mass is 198 g/mol. The molecule has 0 aromatic carbocycles. The number of anilines is 1. The predicted octanol–water partition coefficient (Wildman–Crippen LogP) is 0.444. The number of nitrogens with one attached hydrogen (secondary N) is 1. The van der Waals surface area contributed by atoms with Gasteiger partial charge in [-0.05, 0) is 13.3 Å². The second kappa shape index (κ2) is 3.75. The summed E-state index contributed by atoms with van der Waals surface area (Å²) < 4.78 is 4.98. The molecule has 3 N–H and O–H groups in total. The highest BCUT2D eigenvalue weighted by Crippen LogP contribution is 2.10. The third-order valence-corrected chi connectivity index (χ3v) is 2.00. The van der Waals surface area contributed by atoms with Crippen LogP contribution in [0.1, 0.15) is 26.2 Å². The average molecular weight is 198 g/mol. The molecular weight excluding hydrogens is 184 g/mol. The van der Waals surface area contributed by atoms with Crippen molar-refractivity contribution in [2.45, 2.75) is 32.7 Å². The van der Waals surface area contributed by atoms with Crippen molar-refractivity contribution >= 4 is 11.9 Å². The van der Waals surface area contributed by atoms with E-state index in [0.717, 1.165) is 0 Å². The van der Waals surface area contributed by atoms with E-state index in [2.05, 4.69) is 15.5 Å². The fraction of sp³-hybridized carbons (Fsp3) is 0.625. The molecule has 0 aliphatic carbocycles. The SMILES string of the molecule is CCC(C)(N)C(=O)Nc1nnc(C)o1. The molecule has 1 aromatic rings. The van der Waals surface area contributed by atoms with Gasteiger partial charge in [0.05, 0.1) is 5.54 Å². The van der Waals surface area contributed by atoms with Crippen LogP contribution in [0.3, 0.4) is 0 Å². The number of nitrogens with zero attached hydrogens (tertiary/aromatic N) is 2. The lowest BCUT2D eigenvalue weighted by atomic mass is 10.00. The standard InChI is InChI=1S/C8H14N4O2/c1-4-8(3,9)6(13)10-7-12-11-5(2)14-7/h4,9H2,1-3H3,(H,10,12,13). The third-order valence-electron chi connectivity index (χ3n) is 2.00. The Morgan fingerprint density at radius 2 is 2.29 bits per heavy atom. The molecule has 14 heavy (non-hydrogen) atoms. The molecule has 0 saturated carbocycles. The maximum atomic E-state index is 11.5. The first-order valence-corrected chi connectivity index (χ1v) is 4.36. The summed E-state index contributed by atoms with van der Waals surface area (Å²) >= 11 is 0. The summed E-state index contributed by atoms with van der Waals surface area (Å²) in [7, 11) is 0. The summed E-state index contributed by atoms with van der Waals surface area (Å²) in [5.41, 5.74) is 4.80. The third kappa shape index (κ3) is 2.29. The zero-order chi connectivity index (χ0) is 10.8. The molecule has 0 aliphatic rings. The highest BCUT2D eigenvalue weighted by molar-refractivity contribution is 5.95. The quantitative estimate of drug-likeness (QED) is 0.735. The number of rotatable bonds is 3. The van der Waals surface area contributed by atoms with Gasteiger partial charge in [-0.2, -0.15) is 0 Å². The van der Waals surface area contributed by atoms with Crippen LogP contribution >= 0.6 is 0 Å². The fourth-order valence-corrected chi connectivity index (χ4v) is 0.748. The summed E-state index contributed by atoms with van der Waals surface area (Å²) in [5, 5.41) is 9.65. The number of hydrogen-bond acceptors (Lipinski definition) is 5. The van der Waals surface area contributed by atoms with Gasteiger partial charge in [0.1, 0.15) is 0 Å². The Morgan fingerprint density at radius 3 is 2.71 bits per heavy atom. The van der Waals surface area contributed by atoms with Gasteiger partial charge in [0, 0.05) is 6.92 Å². The minimum atomic E-state index is -0.914. The van der Waals surface area contributed by atoms with Crippen molar-refractivity contribution in [2.24, 2.45) is 5.73 Å². The minimum Gasteiger partial charge on any atom is -0.408 e. The molecule has 1 atom stereocenters. The topological polar surface area (TPSA) is 94.0 Å². The van der Waals surface area contributed by atoms with Crippen molar-refractivity contribution in [3.05, 3.63) is 5.89 Å². The largest absolute Gasteiger partial charge is 0.408 e. The molecule has 0 radical (unpaired) electrons. The van der Waals surface area contributed by atoms with Gasteiger partial charge in [0.2, 0.25) is 11.8 Å². The Morgan fingerprint density at radius 1 is 1.64 bits per heavy atom. The molecule has 0 saturated heterocycles.